The van der Waals surface area contributed by atoms with Crippen LogP contribution >= 0.6 is 0 Å². The van der Waals surface area contributed by atoms with Crippen LogP contribution in [0, 0.1) is 5.92 Å². The molecule has 0 bridgehead atoms. The SMILES string of the molecule is O=C(NCC1CCCCCC1)c1cccc2c(=O)n(CCO)ccc12. The summed E-state index contributed by atoms with van der Waals surface area (Å²) < 4.78 is 1.47. The molecule has 1 amide bonds. The van der Waals surface area contributed by atoms with Crippen LogP contribution in [-0.4, -0.2) is 28.7 Å². The zero-order chi connectivity index (χ0) is 17.6. The number of fused-ring (bicyclic) bond motifs is 1. The monoisotopic (exact) mass is 342 g/mol. The molecular formula is C20H26N2O3. The van der Waals surface area contributed by atoms with Gasteiger partial charge in [-0.2, -0.15) is 0 Å². The smallest absolute Gasteiger partial charge is 0.258 e. The quantitative estimate of drug-likeness (QED) is 0.821. The maximum atomic E-state index is 12.6. The number of nitrogens with zero attached hydrogens (tertiary/aromatic N) is 1. The lowest BCUT2D eigenvalue weighted by Crippen LogP contribution is -2.30. The molecule has 0 aliphatic heterocycles. The van der Waals surface area contributed by atoms with Crippen LogP contribution in [0.15, 0.2) is 35.3 Å². The third-order valence-corrected chi connectivity index (χ3v) is 5.13. The number of amides is 1. The number of rotatable bonds is 5. The first-order valence-corrected chi connectivity index (χ1v) is 9.22. The van der Waals surface area contributed by atoms with Crippen LogP contribution < -0.4 is 10.9 Å². The van der Waals surface area contributed by atoms with Crippen LogP contribution in [0.2, 0.25) is 0 Å². The van der Waals surface area contributed by atoms with Gasteiger partial charge in [0.05, 0.1) is 6.61 Å². The average Bonchev–Trinajstić information content (AvgIpc) is 2.90. The standard InChI is InChI=1S/C20H26N2O3/c23-13-12-22-11-10-16-17(8-5-9-18(16)20(22)25)19(24)21-14-15-6-3-1-2-4-7-15/h5,8-11,15,23H,1-4,6-7,12-14H2,(H,21,24). The molecule has 0 spiro atoms. The largest absolute Gasteiger partial charge is 0.395 e. The Bertz CT molecular complexity index is 789. The van der Waals surface area contributed by atoms with Crippen molar-refractivity contribution in [3.8, 4) is 0 Å². The predicted octanol–water partition coefficient (Wildman–Crippen LogP) is 2.69. The number of pyridine rings is 1. The van der Waals surface area contributed by atoms with Crippen LogP contribution in [-0.2, 0) is 6.54 Å². The summed E-state index contributed by atoms with van der Waals surface area (Å²) >= 11 is 0. The van der Waals surface area contributed by atoms with E-state index in [0.29, 0.717) is 28.8 Å². The fourth-order valence-electron chi connectivity index (χ4n) is 3.70. The van der Waals surface area contributed by atoms with Gasteiger partial charge in [-0.25, -0.2) is 0 Å². The third-order valence-electron chi connectivity index (χ3n) is 5.13. The highest BCUT2D eigenvalue weighted by Crippen LogP contribution is 2.22. The zero-order valence-corrected chi connectivity index (χ0v) is 14.5. The van der Waals surface area contributed by atoms with E-state index in [0.717, 1.165) is 0 Å². The van der Waals surface area contributed by atoms with Gasteiger partial charge in [-0.1, -0.05) is 31.7 Å². The Morgan fingerprint density at radius 2 is 1.88 bits per heavy atom. The van der Waals surface area contributed by atoms with Crippen molar-refractivity contribution in [2.24, 2.45) is 5.92 Å². The van der Waals surface area contributed by atoms with E-state index >= 15 is 0 Å². The van der Waals surface area contributed by atoms with Gasteiger partial charge in [0.2, 0.25) is 0 Å². The summed E-state index contributed by atoms with van der Waals surface area (Å²) in [4.78, 5) is 25.1. The number of benzene rings is 1. The maximum absolute atomic E-state index is 12.6. The second-order valence-electron chi connectivity index (χ2n) is 6.87. The van der Waals surface area contributed by atoms with Crippen molar-refractivity contribution in [3.63, 3.8) is 0 Å². The second-order valence-corrected chi connectivity index (χ2v) is 6.87. The molecule has 1 fully saturated rings. The molecule has 2 aromatic rings. The van der Waals surface area contributed by atoms with Gasteiger partial charge in [-0.3, -0.25) is 9.59 Å². The van der Waals surface area contributed by atoms with Crippen molar-refractivity contribution in [2.75, 3.05) is 13.2 Å². The summed E-state index contributed by atoms with van der Waals surface area (Å²) in [6.07, 6.45) is 9.10. The fourth-order valence-corrected chi connectivity index (χ4v) is 3.70. The van der Waals surface area contributed by atoms with Gasteiger partial charge in [0, 0.05) is 35.6 Å². The number of carbonyl (C=O) groups is 1. The molecule has 5 heteroatoms. The topological polar surface area (TPSA) is 71.3 Å². The summed E-state index contributed by atoms with van der Waals surface area (Å²) in [5.41, 5.74) is 0.365. The van der Waals surface area contributed by atoms with Gasteiger partial charge in [0.25, 0.3) is 11.5 Å². The van der Waals surface area contributed by atoms with E-state index in [2.05, 4.69) is 5.32 Å². The van der Waals surface area contributed by atoms with Gasteiger partial charge in [-0.15, -0.1) is 0 Å². The predicted molar refractivity (Wildman–Crippen MR) is 98.8 cm³/mol. The Morgan fingerprint density at radius 3 is 2.60 bits per heavy atom. The molecule has 0 atom stereocenters. The third kappa shape index (κ3) is 4.10. The van der Waals surface area contributed by atoms with E-state index in [1.54, 1.807) is 30.5 Å². The normalized spacial score (nSPS) is 15.9. The maximum Gasteiger partial charge on any atom is 0.258 e. The van der Waals surface area contributed by atoms with Crippen LogP contribution in [0.1, 0.15) is 48.9 Å². The van der Waals surface area contributed by atoms with Gasteiger partial charge in [0.1, 0.15) is 0 Å². The number of carbonyl (C=O) groups excluding carboxylic acids is 1. The van der Waals surface area contributed by atoms with E-state index in [4.69, 9.17) is 5.11 Å². The number of nitrogens with one attached hydrogen (secondary N) is 1. The lowest BCUT2D eigenvalue weighted by Gasteiger charge is -2.15. The highest BCUT2D eigenvalue weighted by atomic mass is 16.3. The van der Waals surface area contributed by atoms with Crippen molar-refractivity contribution in [1.29, 1.82) is 0 Å². The van der Waals surface area contributed by atoms with Crippen molar-refractivity contribution in [1.82, 2.24) is 9.88 Å². The number of hydrogen-bond acceptors (Lipinski definition) is 3. The van der Waals surface area contributed by atoms with Gasteiger partial charge in [0.15, 0.2) is 0 Å². The summed E-state index contributed by atoms with van der Waals surface area (Å²) in [5, 5.41) is 13.3. The number of aromatic nitrogens is 1. The molecule has 1 heterocycles. The van der Waals surface area contributed by atoms with E-state index < -0.39 is 0 Å². The van der Waals surface area contributed by atoms with Crippen LogP contribution in [0.4, 0.5) is 0 Å². The average molecular weight is 342 g/mol. The van der Waals surface area contributed by atoms with E-state index in [1.807, 2.05) is 0 Å². The molecule has 0 saturated heterocycles. The summed E-state index contributed by atoms with van der Waals surface area (Å²) in [6, 6.07) is 7.02. The molecule has 1 saturated carbocycles. The van der Waals surface area contributed by atoms with Gasteiger partial charge >= 0.3 is 0 Å². The Kier molecular flexibility index (Phi) is 5.87. The number of hydrogen-bond donors (Lipinski definition) is 2. The van der Waals surface area contributed by atoms with Gasteiger partial charge < -0.3 is 15.0 Å². The Hall–Kier alpha value is -2.14. The first kappa shape index (κ1) is 17.7. The number of aliphatic hydroxyl groups excluding tert-OH is 1. The first-order valence-electron chi connectivity index (χ1n) is 9.22. The molecular weight excluding hydrogens is 316 g/mol. The van der Waals surface area contributed by atoms with E-state index in [1.165, 1.54) is 43.1 Å². The van der Waals surface area contributed by atoms with E-state index in [9.17, 15) is 9.59 Å². The molecule has 0 radical (unpaired) electrons. The van der Waals surface area contributed by atoms with Crippen molar-refractivity contribution in [3.05, 3.63) is 46.4 Å². The van der Waals surface area contributed by atoms with Crippen molar-refractivity contribution < 1.29 is 9.90 Å². The molecule has 5 nitrogen and oxygen atoms in total. The van der Waals surface area contributed by atoms with Gasteiger partial charge in [-0.05, 0) is 37.0 Å². The summed E-state index contributed by atoms with van der Waals surface area (Å²) in [6.45, 7) is 0.872. The summed E-state index contributed by atoms with van der Waals surface area (Å²) in [7, 11) is 0. The molecule has 2 N–H and O–H groups in total. The fraction of sp³-hybridized carbons (Fsp3) is 0.500. The lowest BCUT2D eigenvalue weighted by molar-refractivity contribution is 0.0947. The van der Waals surface area contributed by atoms with Crippen LogP contribution in [0.25, 0.3) is 10.8 Å². The molecule has 1 aliphatic rings. The van der Waals surface area contributed by atoms with Crippen LogP contribution in [0.3, 0.4) is 0 Å². The Morgan fingerprint density at radius 1 is 1.12 bits per heavy atom. The molecule has 0 unspecified atom stereocenters. The molecule has 1 aromatic carbocycles. The first-order chi connectivity index (χ1) is 12.2. The minimum Gasteiger partial charge on any atom is -0.395 e. The molecule has 3 rings (SSSR count). The molecule has 25 heavy (non-hydrogen) atoms. The minimum absolute atomic E-state index is 0.0903. The molecule has 134 valence electrons. The molecule has 1 aliphatic carbocycles. The Labute approximate surface area is 147 Å². The zero-order valence-electron chi connectivity index (χ0n) is 14.5. The second kappa shape index (κ2) is 8.30. The highest BCUT2D eigenvalue weighted by Gasteiger charge is 2.16. The number of aliphatic hydroxyl groups is 1. The van der Waals surface area contributed by atoms with E-state index in [-0.39, 0.29) is 24.6 Å². The highest BCUT2D eigenvalue weighted by molar-refractivity contribution is 6.06. The Balaban J connectivity index is 1.79. The lowest BCUT2D eigenvalue weighted by atomic mass is 10.00. The summed E-state index contributed by atoms with van der Waals surface area (Å²) in [5.74, 6) is 0.442. The minimum atomic E-state index is -0.176. The van der Waals surface area contributed by atoms with Crippen molar-refractivity contribution >= 4 is 16.7 Å². The van der Waals surface area contributed by atoms with Crippen molar-refractivity contribution in [2.45, 2.75) is 45.1 Å². The van der Waals surface area contributed by atoms with Crippen LogP contribution in [0.5, 0.6) is 0 Å². The molecule has 1 aromatic heterocycles.